The minimum atomic E-state index is -0.250. The van der Waals surface area contributed by atoms with Crippen LogP contribution in [0.2, 0.25) is 0 Å². The van der Waals surface area contributed by atoms with E-state index in [1.807, 2.05) is 6.92 Å². The van der Waals surface area contributed by atoms with Crippen molar-refractivity contribution in [2.75, 3.05) is 26.4 Å². The zero-order valence-electron chi connectivity index (χ0n) is 8.63. The first kappa shape index (κ1) is 12.4. The summed E-state index contributed by atoms with van der Waals surface area (Å²) in [5.41, 5.74) is 0. The molecule has 0 saturated heterocycles. The molecule has 0 spiro atoms. The molecule has 0 aromatic rings. The van der Waals surface area contributed by atoms with Crippen LogP contribution >= 0.6 is 0 Å². The molecule has 0 bridgehead atoms. The van der Waals surface area contributed by atoms with Crippen molar-refractivity contribution in [3.05, 3.63) is 0 Å². The molecular weight excluding hydrogens is 170 g/mol. The van der Waals surface area contributed by atoms with E-state index in [4.69, 9.17) is 9.47 Å². The van der Waals surface area contributed by atoms with Crippen molar-refractivity contribution in [2.24, 2.45) is 0 Å². The Kier molecular flexibility index (Phi) is 7.63. The highest BCUT2D eigenvalue weighted by Crippen LogP contribution is 1.87. The third kappa shape index (κ3) is 6.54. The van der Waals surface area contributed by atoms with Crippen LogP contribution in [0, 0.1) is 0 Å². The monoisotopic (exact) mass is 189 g/mol. The van der Waals surface area contributed by atoms with E-state index >= 15 is 0 Å². The van der Waals surface area contributed by atoms with Crippen LogP contribution in [0.5, 0.6) is 0 Å². The number of esters is 1. The molecule has 0 aliphatic carbocycles. The van der Waals surface area contributed by atoms with E-state index in [9.17, 15) is 4.79 Å². The SMILES string of the molecule is CCOCCN[C@@H](C)C(=O)OCC. The first-order chi connectivity index (χ1) is 6.22. The fraction of sp³-hybridized carbons (Fsp3) is 0.889. The molecule has 0 amide bonds. The van der Waals surface area contributed by atoms with Crippen LogP contribution in [-0.4, -0.2) is 38.4 Å². The molecule has 0 aromatic carbocycles. The minimum absolute atomic E-state index is 0.209. The molecule has 78 valence electrons. The Balaban J connectivity index is 3.38. The second-order valence-corrected chi connectivity index (χ2v) is 2.62. The van der Waals surface area contributed by atoms with Gasteiger partial charge in [-0.05, 0) is 20.8 Å². The summed E-state index contributed by atoms with van der Waals surface area (Å²) in [6.07, 6.45) is 0. The summed E-state index contributed by atoms with van der Waals surface area (Å²) in [5.74, 6) is -0.209. The fourth-order valence-electron chi connectivity index (χ4n) is 0.843. The topological polar surface area (TPSA) is 47.6 Å². The molecule has 0 radical (unpaired) electrons. The molecular formula is C9H19NO3. The van der Waals surface area contributed by atoms with Crippen LogP contribution in [0.15, 0.2) is 0 Å². The summed E-state index contributed by atoms with van der Waals surface area (Å²) in [7, 11) is 0. The quantitative estimate of drug-likeness (QED) is 0.469. The standard InChI is InChI=1S/C9H19NO3/c1-4-12-7-6-10-8(3)9(11)13-5-2/h8,10H,4-7H2,1-3H3/t8-/m0/s1. The van der Waals surface area contributed by atoms with E-state index in [0.717, 1.165) is 0 Å². The lowest BCUT2D eigenvalue weighted by Crippen LogP contribution is -2.37. The summed E-state index contributed by atoms with van der Waals surface area (Å²) in [6.45, 7) is 7.95. The minimum Gasteiger partial charge on any atom is -0.465 e. The molecule has 0 unspecified atom stereocenters. The van der Waals surface area contributed by atoms with Gasteiger partial charge in [-0.25, -0.2) is 0 Å². The maximum absolute atomic E-state index is 11.1. The van der Waals surface area contributed by atoms with Crippen molar-refractivity contribution in [2.45, 2.75) is 26.8 Å². The molecule has 0 rings (SSSR count). The van der Waals surface area contributed by atoms with Gasteiger partial charge in [0.05, 0.1) is 13.2 Å². The molecule has 0 fully saturated rings. The highest BCUT2D eigenvalue weighted by molar-refractivity contribution is 5.75. The maximum atomic E-state index is 11.1. The fourth-order valence-corrected chi connectivity index (χ4v) is 0.843. The van der Waals surface area contributed by atoms with Crippen LogP contribution < -0.4 is 5.32 Å². The summed E-state index contributed by atoms with van der Waals surface area (Å²) < 4.78 is 9.93. The highest BCUT2D eigenvalue weighted by atomic mass is 16.5. The van der Waals surface area contributed by atoms with Crippen LogP contribution in [0.4, 0.5) is 0 Å². The predicted molar refractivity (Wildman–Crippen MR) is 50.6 cm³/mol. The van der Waals surface area contributed by atoms with Gasteiger partial charge in [0.2, 0.25) is 0 Å². The Morgan fingerprint density at radius 2 is 2.08 bits per heavy atom. The average Bonchev–Trinajstić information content (AvgIpc) is 2.12. The summed E-state index contributed by atoms with van der Waals surface area (Å²) in [4.78, 5) is 11.1. The molecule has 0 aromatic heterocycles. The Morgan fingerprint density at radius 3 is 2.62 bits per heavy atom. The van der Waals surface area contributed by atoms with Crippen LogP contribution in [0.1, 0.15) is 20.8 Å². The Bertz CT molecular complexity index is 139. The highest BCUT2D eigenvalue weighted by Gasteiger charge is 2.11. The van der Waals surface area contributed by atoms with Gasteiger partial charge >= 0.3 is 5.97 Å². The molecule has 0 heterocycles. The van der Waals surface area contributed by atoms with Gasteiger partial charge in [0.15, 0.2) is 0 Å². The van der Waals surface area contributed by atoms with Crippen molar-refractivity contribution in [3.63, 3.8) is 0 Å². The lowest BCUT2D eigenvalue weighted by atomic mass is 10.3. The summed E-state index contributed by atoms with van der Waals surface area (Å²) >= 11 is 0. The van der Waals surface area contributed by atoms with Crippen LogP contribution in [0.25, 0.3) is 0 Å². The zero-order valence-corrected chi connectivity index (χ0v) is 8.63. The molecule has 4 nitrogen and oxygen atoms in total. The van der Waals surface area contributed by atoms with Gasteiger partial charge in [0, 0.05) is 13.2 Å². The van der Waals surface area contributed by atoms with Crippen molar-refractivity contribution in [3.8, 4) is 0 Å². The molecule has 1 N–H and O–H groups in total. The number of rotatable bonds is 7. The van der Waals surface area contributed by atoms with E-state index in [2.05, 4.69) is 5.32 Å². The predicted octanol–water partition coefficient (Wildman–Crippen LogP) is 0.564. The number of carbonyl (C=O) groups excluding carboxylic acids is 1. The lowest BCUT2D eigenvalue weighted by molar-refractivity contribution is -0.145. The summed E-state index contributed by atoms with van der Waals surface area (Å²) in [5, 5.41) is 3.00. The molecule has 13 heavy (non-hydrogen) atoms. The van der Waals surface area contributed by atoms with Crippen LogP contribution in [0.3, 0.4) is 0 Å². The third-order valence-electron chi connectivity index (χ3n) is 1.54. The molecule has 4 heteroatoms. The van der Waals surface area contributed by atoms with E-state index < -0.39 is 0 Å². The number of hydrogen-bond acceptors (Lipinski definition) is 4. The van der Waals surface area contributed by atoms with E-state index in [1.165, 1.54) is 0 Å². The molecule has 0 aliphatic rings. The lowest BCUT2D eigenvalue weighted by Gasteiger charge is -2.11. The summed E-state index contributed by atoms with van der Waals surface area (Å²) in [6, 6.07) is -0.250. The number of hydrogen-bond donors (Lipinski definition) is 1. The molecule has 0 saturated carbocycles. The Hall–Kier alpha value is -0.610. The smallest absolute Gasteiger partial charge is 0.322 e. The average molecular weight is 189 g/mol. The van der Waals surface area contributed by atoms with Gasteiger partial charge in [0.25, 0.3) is 0 Å². The van der Waals surface area contributed by atoms with Crippen molar-refractivity contribution in [1.82, 2.24) is 5.32 Å². The van der Waals surface area contributed by atoms with Crippen molar-refractivity contribution in [1.29, 1.82) is 0 Å². The number of carbonyl (C=O) groups is 1. The van der Waals surface area contributed by atoms with E-state index in [-0.39, 0.29) is 12.0 Å². The van der Waals surface area contributed by atoms with Crippen LogP contribution in [-0.2, 0) is 14.3 Å². The molecule has 0 aliphatic heterocycles. The van der Waals surface area contributed by atoms with Gasteiger partial charge in [0.1, 0.15) is 6.04 Å². The normalized spacial score (nSPS) is 12.5. The third-order valence-corrected chi connectivity index (χ3v) is 1.54. The van der Waals surface area contributed by atoms with Gasteiger partial charge in [-0.15, -0.1) is 0 Å². The number of nitrogens with one attached hydrogen (secondary N) is 1. The van der Waals surface area contributed by atoms with Crippen molar-refractivity contribution < 1.29 is 14.3 Å². The Labute approximate surface area is 79.6 Å². The maximum Gasteiger partial charge on any atom is 0.322 e. The zero-order chi connectivity index (χ0) is 10.1. The first-order valence-corrected chi connectivity index (χ1v) is 4.70. The first-order valence-electron chi connectivity index (χ1n) is 4.70. The second kappa shape index (κ2) is 8.01. The van der Waals surface area contributed by atoms with Crippen molar-refractivity contribution >= 4 is 5.97 Å². The van der Waals surface area contributed by atoms with Gasteiger partial charge in [-0.2, -0.15) is 0 Å². The van der Waals surface area contributed by atoms with E-state index in [1.54, 1.807) is 13.8 Å². The van der Waals surface area contributed by atoms with Gasteiger partial charge < -0.3 is 14.8 Å². The number of ether oxygens (including phenoxy) is 2. The molecule has 1 atom stereocenters. The largest absolute Gasteiger partial charge is 0.465 e. The van der Waals surface area contributed by atoms with Gasteiger partial charge in [-0.1, -0.05) is 0 Å². The Morgan fingerprint density at radius 1 is 1.38 bits per heavy atom. The second-order valence-electron chi connectivity index (χ2n) is 2.62. The van der Waals surface area contributed by atoms with E-state index in [0.29, 0.717) is 26.4 Å². The van der Waals surface area contributed by atoms with Gasteiger partial charge in [-0.3, -0.25) is 4.79 Å².